The van der Waals surface area contributed by atoms with Crippen molar-refractivity contribution in [3.8, 4) is 0 Å². The number of imide groups is 1. The number of aliphatic hydroxyl groups excluding tert-OH is 1. The largest absolute Gasteiger partial charge is 0.396 e. The van der Waals surface area contributed by atoms with Gasteiger partial charge in [0, 0.05) is 35.4 Å². The molecule has 1 aromatic carbocycles. The number of fused-ring (bicyclic) bond motifs is 1. The monoisotopic (exact) mass is 284 g/mol. The predicted molar refractivity (Wildman–Crippen MR) is 80.0 cm³/mol. The van der Waals surface area contributed by atoms with E-state index in [1.807, 2.05) is 24.3 Å². The lowest BCUT2D eigenvalue weighted by molar-refractivity contribution is -0.119. The summed E-state index contributed by atoms with van der Waals surface area (Å²) in [6.07, 6.45) is 4.75. The van der Waals surface area contributed by atoms with Gasteiger partial charge in [-0.25, -0.2) is 4.90 Å². The maximum atomic E-state index is 12.0. The minimum Gasteiger partial charge on any atom is -0.396 e. The number of aromatic amines is 1. The normalized spacial score (nSPS) is 14.6. The summed E-state index contributed by atoms with van der Waals surface area (Å²) in [6, 6.07) is 7.62. The molecule has 0 atom stereocenters. The molecule has 0 spiro atoms. The molecular formula is C16H16N2O3. The molecule has 2 N–H and O–H groups in total. The first-order valence-corrected chi connectivity index (χ1v) is 6.99. The van der Waals surface area contributed by atoms with Crippen LogP contribution in [0.1, 0.15) is 18.5 Å². The van der Waals surface area contributed by atoms with Gasteiger partial charge in [0.1, 0.15) is 0 Å². The summed E-state index contributed by atoms with van der Waals surface area (Å²) in [5.74, 6) is -0.624. The highest BCUT2D eigenvalue weighted by molar-refractivity contribution is 6.30. The molecule has 108 valence electrons. The van der Waals surface area contributed by atoms with Gasteiger partial charge in [-0.1, -0.05) is 18.2 Å². The summed E-state index contributed by atoms with van der Waals surface area (Å²) < 4.78 is 0. The molecule has 2 heterocycles. The number of para-hydroxylation sites is 1. The summed E-state index contributed by atoms with van der Waals surface area (Å²) in [5, 5.41) is 9.77. The number of H-pyrrole nitrogens is 1. The minimum absolute atomic E-state index is 0.138. The summed E-state index contributed by atoms with van der Waals surface area (Å²) >= 11 is 0. The number of benzene rings is 1. The third kappa shape index (κ3) is 2.36. The Morgan fingerprint density at radius 2 is 1.76 bits per heavy atom. The van der Waals surface area contributed by atoms with E-state index < -0.39 is 0 Å². The van der Waals surface area contributed by atoms with Gasteiger partial charge in [-0.3, -0.25) is 9.59 Å². The molecule has 0 saturated heterocycles. The molecule has 0 saturated carbocycles. The third-order valence-electron chi connectivity index (χ3n) is 3.62. The van der Waals surface area contributed by atoms with Crippen molar-refractivity contribution in [2.75, 3.05) is 11.5 Å². The number of carbonyl (C=O) groups is 2. The zero-order valence-electron chi connectivity index (χ0n) is 11.5. The molecule has 1 aromatic heterocycles. The number of amides is 2. The SMILES string of the molecule is O=C1C=CC(=O)N1c1c(CCCCO)[nH]c2ccccc12. The number of nitrogens with zero attached hydrogens (tertiary/aromatic N) is 1. The Bertz CT molecular complexity index is 712. The molecule has 0 fully saturated rings. The van der Waals surface area contributed by atoms with Gasteiger partial charge in [0.2, 0.25) is 0 Å². The Hall–Kier alpha value is -2.40. The van der Waals surface area contributed by atoms with E-state index in [4.69, 9.17) is 5.11 Å². The highest BCUT2D eigenvalue weighted by Crippen LogP contribution is 2.33. The molecule has 21 heavy (non-hydrogen) atoms. The van der Waals surface area contributed by atoms with Crippen molar-refractivity contribution in [2.24, 2.45) is 0 Å². The van der Waals surface area contributed by atoms with Crippen molar-refractivity contribution in [1.82, 2.24) is 4.98 Å². The molecule has 1 aliphatic heterocycles. The standard InChI is InChI=1S/C16H16N2O3/c19-10-4-3-7-13-16(18-14(20)8-9-15(18)21)11-5-1-2-6-12(11)17-13/h1-2,5-6,8-9,17,19H,3-4,7,10H2. The Balaban J connectivity index is 2.07. The first kappa shape index (κ1) is 13.6. The summed E-state index contributed by atoms with van der Waals surface area (Å²) in [7, 11) is 0. The van der Waals surface area contributed by atoms with Gasteiger partial charge in [-0.2, -0.15) is 0 Å². The van der Waals surface area contributed by atoms with Gasteiger partial charge in [-0.05, 0) is 25.3 Å². The number of hydrogen-bond acceptors (Lipinski definition) is 3. The fourth-order valence-corrected chi connectivity index (χ4v) is 2.65. The van der Waals surface area contributed by atoms with Crippen LogP contribution in [0, 0.1) is 0 Å². The molecule has 0 bridgehead atoms. The Morgan fingerprint density at radius 3 is 2.48 bits per heavy atom. The van der Waals surface area contributed by atoms with Crippen molar-refractivity contribution in [1.29, 1.82) is 0 Å². The first-order valence-electron chi connectivity index (χ1n) is 6.99. The van der Waals surface area contributed by atoms with Crippen LogP contribution in [0.3, 0.4) is 0 Å². The van der Waals surface area contributed by atoms with E-state index in [9.17, 15) is 9.59 Å². The van der Waals surface area contributed by atoms with Gasteiger partial charge in [-0.15, -0.1) is 0 Å². The molecular weight excluding hydrogens is 268 g/mol. The van der Waals surface area contributed by atoms with E-state index >= 15 is 0 Å². The molecule has 1 aliphatic rings. The van der Waals surface area contributed by atoms with Gasteiger partial charge < -0.3 is 10.1 Å². The molecule has 2 amide bonds. The second-order valence-electron chi connectivity index (χ2n) is 5.02. The fourth-order valence-electron chi connectivity index (χ4n) is 2.65. The highest BCUT2D eigenvalue weighted by Gasteiger charge is 2.29. The predicted octanol–water partition coefficient (Wildman–Crippen LogP) is 1.91. The molecule has 0 radical (unpaired) electrons. The molecule has 2 aromatic rings. The number of anilines is 1. The van der Waals surface area contributed by atoms with Crippen molar-refractivity contribution >= 4 is 28.4 Å². The lowest BCUT2D eigenvalue weighted by Crippen LogP contribution is -2.30. The van der Waals surface area contributed by atoms with Crippen LogP contribution in [0.4, 0.5) is 5.69 Å². The van der Waals surface area contributed by atoms with Crippen molar-refractivity contribution < 1.29 is 14.7 Å². The fraction of sp³-hybridized carbons (Fsp3) is 0.250. The number of aliphatic hydroxyl groups is 1. The quantitative estimate of drug-likeness (QED) is 0.650. The Kier molecular flexibility index (Phi) is 3.58. The lowest BCUT2D eigenvalue weighted by Gasteiger charge is -2.15. The Labute approximate surface area is 121 Å². The van der Waals surface area contributed by atoms with E-state index in [1.165, 1.54) is 17.1 Å². The molecule has 3 rings (SSSR count). The van der Waals surface area contributed by atoms with Crippen LogP contribution in [-0.4, -0.2) is 28.5 Å². The van der Waals surface area contributed by atoms with Crippen LogP contribution in [0.15, 0.2) is 36.4 Å². The molecule has 5 heteroatoms. The number of nitrogens with one attached hydrogen (secondary N) is 1. The van der Waals surface area contributed by atoms with E-state index in [0.717, 1.165) is 23.0 Å². The second-order valence-corrected chi connectivity index (χ2v) is 5.02. The van der Waals surface area contributed by atoms with Crippen LogP contribution in [0.5, 0.6) is 0 Å². The molecule has 0 aliphatic carbocycles. The second kappa shape index (κ2) is 5.54. The van der Waals surface area contributed by atoms with Crippen LogP contribution >= 0.6 is 0 Å². The molecule has 0 unspecified atom stereocenters. The van der Waals surface area contributed by atoms with Crippen molar-refractivity contribution in [3.63, 3.8) is 0 Å². The van der Waals surface area contributed by atoms with Gasteiger partial charge in [0.05, 0.1) is 5.69 Å². The van der Waals surface area contributed by atoms with Gasteiger partial charge >= 0.3 is 0 Å². The highest BCUT2D eigenvalue weighted by atomic mass is 16.3. The van der Waals surface area contributed by atoms with E-state index in [1.54, 1.807) is 0 Å². The maximum Gasteiger partial charge on any atom is 0.258 e. The smallest absolute Gasteiger partial charge is 0.258 e. The van der Waals surface area contributed by atoms with E-state index in [2.05, 4.69) is 4.98 Å². The zero-order chi connectivity index (χ0) is 14.8. The van der Waals surface area contributed by atoms with Crippen molar-refractivity contribution in [2.45, 2.75) is 19.3 Å². The number of aromatic nitrogens is 1. The van der Waals surface area contributed by atoms with Crippen LogP contribution in [0.2, 0.25) is 0 Å². The summed E-state index contributed by atoms with van der Waals surface area (Å²) in [4.78, 5) is 28.4. The maximum absolute atomic E-state index is 12.0. The number of rotatable bonds is 5. The first-order chi connectivity index (χ1) is 10.2. The number of hydrogen-bond donors (Lipinski definition) is 2. The Morgan fingerprint density at radius 1 is 1.05 bits per heavy atom. The van der Waals surface area contributed by atoms with Gasteiger partial charge in [0.25, 0.3) is 11.8 Å². The summed E-state index contributed by atoms with van der Waals surface area (Å²) in [5.41, 5.74) is 2.40. The average Bonchev–Trinajstić information content (AvgIpc) is 2.99. The number of carbonyl (C=O) groups excluding carboxylic acids is 2. The topological polar surface area (TPSA) is 73.4 Å². The average molecular weight is 284 g/mol. The molecule has 5 nitrogen and oxygen atoms in total. The van der Waals surface area contributed by atoms with Gasteiger partial charge in [0.15, 0.2) is 0 Å². The van der Waals surface area contributed by atoms with Crippen LogP contribution in [-0.2, 0) is 16.0 Å². The van der Waals surface area contributed by atoms with Crippen LogP contribution < -0.4 is 4.90 Å². The third-order valence-corrected chi connectivity index (χ3v) is 3.62. The number of unbranched alkanes of at least 4 members (excludes halogenated alkanes) is 1. The van der Waals surface area contributed by atoms with Crippen LogP contribution in [0.25, 0.3) is 10.9 Å². The lowest BCUT2D eigenvalue weighted by atomic mass is 10.1. The number of aryl methyl sites for hydroxylation is 1. The summed E-state index contributed by atoms with van der Waals surface area (Å²) in [6.45, 7) is 0.138. The van der Waals surface area contributed by atoms with E-state index in [-0.39, 0.29) is 18.4 Å². The van der Waals surface area contributed by atoms with E-state index in [0.29, 0.717) is 18.5 Å². The minimum atomic E-state index is -0.312. The van der Waals surface area contributed by atoms with Crippen molar-refractivity contribution in [3.05, 3.63) is 42.1 Å². The zero-order valence-corrected chi connectivity index (χ0v) is 11.5.